The van der Waals surface area contributed by atoms with Crippen molar-refractivity contribution >= 4 is 39.4 Å². The molecular formula is C31H24ClN. The smallest absolute Gasteiger partial charge is 0.0540 e. The third-order valence-electron chi connectivity index (χ3n) is 6.90. The molecule has 0 aliphatic heterocycles. The Morgan fingerprint density at radius 1 is 0.606 bits per heavy atom. The Kier molecular flexibility index (Phi) is 4.57. The quantitative estimate of drug-likeness (QED) is 0.267. The third-order valence-corrected chi connectivity index (χ3v) is 7.14. The lowest BCUT2D eigenvalue weighted by molar-refractivity contribution is 0.660. The van der Waals surface area contributed by atoms with Gasteiger partial charge in [-0.2, -0.15) is 0 Å². The lowest BCUT2D eigenvalue weighted by Gasteiger charge is -2.29. The van der Waals surface area contributed by atoms with Gasteiger partial charge in [-0.25, -0.2) is 0 Å². The van der Waals surface area contributed by atoms with E-state index in [1.54, 1.807) is 0 Å². The molecule has 0 heterocycles. The Bertz CT molecular complexity index is 1500. The van der Waals surface area contributed by atoms with Crippen LogP contribution in [-0.4, -0.2) is 0 Å². The van der Waals surface area contributed by atoms with Gasteiger partial charge in [-0.15, -0.1) is 0 Å². The molecule has 1 aliphatic rings. The second-order valence-corrected chi connectivity index (χ2v) is 9.65. The molecule has 0 saturated heterocycles. The molecule has 6 rings (SSSR count). The summed E-state index contributed by atoms with van der Waals surface area (Å²) in [5.41, 5.74) is 8.55. The van der Waals surface area contributed by atoms with E-state index in [4.69, 9.17) is 11.6 Å². The van der Waals surface area contributed by atoms with Gasteiger partial charge in [-0.3, -0.25) is 0 Å². The minimum absolute atomic E-state index is 0.118. The van der Waals surface area contributed by atoms with Crippen molar-refractivity contribution in [3.05, 3.63) is 125 Å². The molecule has 0 atom stereocenters. The van der Waals surface area contributed by atoms with Crippen molar-refractivity contribution in [2.24, 2.45) is 0 Å². The van der Waals surface area contributed by atoms with E-state index in [0.29, 0.717) is 0 Å². The fourth-order valence-corrected chi connectivity index (χ4v) is 5.42. The summed E-state index contributed by atoms with van der Waals surface area (Å²) in [5.74, 6) is 0. The van der Waals surface area contributed by atoms with Crippen molar-refractivity contribution in [1.29, 1.82) is 0 Å². The van der Waals surface area contributed by atoms with Gasteiger partial charge in [-0.1, -0.05) is 92.2 Å². The van der Waals surface area contributed by atoms with Gasteiger partial charge in [0.15, 0.2) is 0 Å². The van der Waals surface area contributed by atoms with Crippen molar-refractivity contribution in [2.75, 3.05) is 4.90 Å². The molecule has 0 bridgehead atoms. The average molecular weight is 446 g/mol. The fourth-order valence-electron chi connectivity index (χ4n) is 5.24. The fraction of sp³-hybridized carbons (Fsp3) is 0.0968. The minimum atomic E-state index is -0.118. The molecule has 0 radical (unpaired) electrons. The van der Waals surface area contributed by atoms with Crippen LogP contribution in [0.4, 0.5) is 17.1 Å². The molecule has 2 heteroatoms. The summed E-state index contributed by atoms with van der Waals surface area (Å²) in [5, 5.41) is 3.26. The molecule has 0 unspecified atom stereocenters. The second kappa shape index (κ2) is 7.50. The standard InChI is InChI=1S/C31H24ClN/c1-31(2)28-19-22(32)15-17-26(28)27-18-16-24(20-29(27)31)33(23-11-4-3-5-12-23)30-14-8-10-21-9-6-7-13-25(21)30/h3-20H,1-2H3. The summed E-state index contributed by atoms with van der Waals surface area (Å²) in [4.78, 5) is 2.37. The molecule has 0 saturated carbocycles. The number of benzene rings is 5. The van der Waals surface area contributed by atoms with E-state index in [0.717, 1.165) is 16.4 Å². The molecule has 0 fully saturated rings. The van der Waals surface area contributed by atoms with Crippen LogP contribution in [0, 0.1) is 0 Å². The highest BCUT2D eigenvalue weighted by molar-refractivity contribution is 6.30. The van der Waals surface area contributed by atoms with Crippen molar-refractivity contribution in [1.82, 2.24) is 0 Å². The number of rotatable bonds is 3. The first-order chi connectivity index (χ1) is 16.0. The van der Waals surface area contributed by atoms with Crippen LogP contribution >= 0.6 is 11.6 Å². The monoisotopic (exact) mass is 445 g/mol. The summed E-state index contributed by atoms with van der Waals surface area (Å²) in [6.45, 7) is 4.59. The van der Waals surface area contributed by atoms with Gasteiger partial charge in [0.25, 0.3) is 0 Å². The summed E-state index contributed by atoms with van der Waals surface area (Å²) < 4.78 is 0. The van der Waals surface area contributed by atoms with Gasteiger partial charge in [0.2, 0.25) is 0 Å². The van der Waals surface area contributed by atoms with E-state index in [9.17, 15) is 0 Å². The topological polar surface area (TPSA) is 3.24 Å². The molecule has 5 aromatic carbocycles. The lowest BCUT2D eigenvalue weighted by atomic mass is 9.82. The number of hydrogen-bond acceptors (Lipinski definition) is 1. The molecule has 0 aromatic heterocycles. The predicted octanol–water partition coefficient (Wildman–Crippen LogP) is 9.27. The number of fused-ring (bicyclic) bond motifs is 4. The SMILES string of the molecule is CC1(C)c2cc(Cl)ccc2-c2ccc(N(c3ccccc3)c3cccc4ccccc34)cc21. The van der Waals surface area contributed by atoms with Crippen LogP contribution in [0.25, 0.3) is 21.9 Å². The van der Waals surface area contributed by atoms with E-state index in [1.807, 2.05) is 6.07 Å². The normalized spacial score (nSPS) is 13.5. The highest BCUT2D eigenvalue weighted by Gasteiger charge is 2.36. The van der Waals surface area contributed by atoms with Gasteiger partial charge in [0, 0.05) is 27.2 Å². The van der Waals surface area contributed by atoms with E-state index in [2.05, 4.69) is 122 Å². The summed E-state index contributed by atoms with van der Waals surface area (Å²) in [7, 11) is 0. The van der Waals surface area contributed by atoms with Gasteiger partial charge < -0.3 is 4.90 Å². The molecule has 0 amide bonds. The predicted molar refractivity (Wildman–Crippen MR) is 141 cm³/mol. The van der Waals surface area contributed by atoms with E-state index in [-0.39, 0.29) is 5.41 Å². The molecule has 5 aromatic rings. The Labute approximate surface area is 199 Å². The number of para-hydroxylation sites is 1. The summed E-state index contributed by atoms with van der Waals surface area (Å²) in [6, 6.07) is 38.9. The van der Waals surface area contributed by atoms with E-state index in [1.165, 1.54) is 38.7 Å². The van der Waals surface area contributed by atoms with E-state index < -0.39 is 0 Å². The highest BCUT2D eigenvalue weighted by atomic mass is 35.5. The molecule has 1 aliphatic carbocycles. The first-order valence-corrected chi connectivity index (χ1v) is 11.7. The maximum Gasteiger partial charge on any atom is 0.0540 e. The molecular weight excluding hydrogens is 422 g/mol. The van der Waals surface area contributed by atoms with Crippen LogP contribution in [0.5, 0.6) is 0 Å². The first kappa shape index (κ1) is 20.1. The van der Waals surface area contributed by atoms with Crippen LogP contribution < -0.4 is 4.90 Å². The largest absolute Gasteiger partial charge is 0.310 e. The van der Waals surface area contributed by atoms with Gasteiger partial charge >= 0.3 is 0 Å². The van der Waals surface area contributed by atoms with Gasteiger partial charge in [0.05, 0.1) is 5.69 Å². The van der Waals surface area contributed by atoms with E-state index >= 15 is 0 Å². The van der Waals surface area contributed by atoms with Gasteiger partial charge in [-0.05, 0) is 70.1 Å². The number of halogens is 1. The molecule has 1 nitrogen and oxygen atoms in total. The van der Waals surface area contributed by atoms with Crippen molar-refractivity contribution in [3.8, 4) is 11.1 Å². The molecule has 33 heavy (non-hydrogen) atoms. The maximum absolute atomic E-state index is 6.38. The Hall–Kier alpha value is -3.55. The average Bonchev–Trinajstić information content (AvgIpc) is 3.06. The Balaban J connectivity index is 1.59. The second-order valence-electron chi connectivity index (χ2n) is 9.21. The van der Waals surface area contributed by atoms with Crippen molar-refractivity contribution in [2.45, 2.75) is 19.3 Å². The Morgan fingerprint density at radius 2 is 1.27 bits per heavy atom. The van der Waals surface area contributed by atoms with Crippen LogP contribution in [-0.2, 0) is 5.41 Å². The zero-order chi connectivity index (χ0) is 22.6. The molecule has 0 spiro atoms. The number of anilines is 3. The number of nitrogens with zero attached hydrogens (tertiary/aromatic N) is 1. The van der Waals surface area contributed by atoms with Crippen molar-refractivity contribution < 1.29 is 0 Å². The zero-order valence-corrected chi connectivity index (χ0v) is 19.5. The molecule has 0 N–H and O–H groups in total. The zero-order valence-electron chi connectivity index (χ0n) is 18.7. The number of hydrogen-bond donors (Lipinski definition) is 0. The van der Waals surface area contributed by atoms with Crippen LogP contribution in [0.2, 0.25) is 5.02 Å². The van der Waals surface area contributed by atoms with Crippen LogP contribution in [0.3, 0.4) is 0 Å². The summed E-state index contributed by atoms with van der Waals surface area (Å²) in [6.07, 6.45) is 0. The maximum atomic E-state index is 6.38. The minimum Gasteiger partial charge on any atom is -0.310 e. The van der Waals surface area contributed by atoms with Crippen LogP contribution in [0.1, 0.15) is 25.0 Å². The highest BCUT2D eigenvalue weighted by Crippen LogP contribution is 2.51. The third kappa shape index (κ3) is 3.15. The summed E-state index contributed by atoms with van der Waals surface area (Å²) >= 11 is 6.38. The van der Waals surface area contributed by atoms with Crippen molar-refractivity contribution in [3.63, 3.8) is 0 Å². The lowest BCUT2D eigenvalue weighted by Crippen LogP contribution is -2.16. The first-order valence-electron chi connectivity index (χ1n) is 11.3. The molecule has 160 valence electrons. The Morgan fingerprint density at radius 3 is 2.09 bits per heavy atom. The van der Waals surface area contributed by atoms with Crippen LogP contribution in [0.15, 0.2) is 109 Å². The van der Waals surface area contributed by atoms with Gasteiger partial charge in [0.1, 0.15) is 0 Å².